The second-order valence-electron chi connectivity index (χ2n) is 4.27. The molecule has 0 radical (unpaired) electrons. The quantitative estimate of drug-likeness (QED) is 0.809. The standard InChI is InChI=1S/C14H11Cl2FN2O2/c1-2-8-3-7(14(20)21)4-12(18-8)19-9-5-10(15)13(17)11(16)6-9/h3-6H,2H2,1H3,(H,18,19)(H,20,21). The van der Waals surface area contributed by atoms with E-state index in [1.165, 1.54) is 24.3 Å². The first-order valence-electron chi connectivity index (χ1n) is 6.06. The normalized spacial score (nSPS) is 10.5. The summed E-state index contributed by atoms with van der Waals surface area (Å²) in [6.07, 6.45) is 0.584. The molecule has 0 bridgehead atoms. The Morgan fingerprint density at radius 2 is 1.90 bits per heavy atom. The molecule has 0 unspecified atom stereocenters. The third-order valence-corrected chi connectivity index (χ3v) is 3.29. The highest BCUT2D eigenvalue weighted by atomic mass is 35.5. The molecule has 2 rings (SSSR count). The summed E-state index contributed by atoms with van der Waals surface area (Å²) in [5.74, 6) is -1.43. The summed E-state index contributed by atoms with van der Waals surface area (Å²) < 4.78 is 13.4. The summed E-state index contributed by atoms with van der Waals surface area (Å²) in [6, 6.07) is 5.58. The lowest BCUT2D eigenvalue weighted by Crippen LogP contribution is -2.03. The van der Waals surface area contributed by atoms with Gasteiger partial charge < -0.3 is 10.4 Å². The van der Waals surface area contributed by atoms with E-state index in [0.717, 1.165) is 0 Å². The summed E-state index contributed by atoms with van der Waals surface area (Å²) in [5.41, 5.74) is 1.16. The molecular formula is C14H11Cl2FN2O2. The van der Waals surface area contributed by atoms with E-state index in [1.807, 2.05) is 6.92 Å². The molecule has 4 nitrogen and oxygen atoms in total. The minimum absolute atomic E-state index is 0.114. The predicted molar refractivity (Wildman–Crippen MR) is 80.3 cm³/mol. The maximum Gasteiger partial charge on any atom is 0.335 e. The number of carboxylic acids is 1. The van der Waals surface area contributed by atoms with Crippen LogP contribution >= 0.6 is 23.2 Å². The Morgan fingerprint density at radius 3 is 2.43 bits per heavy atom. The number of nitrogens with one attached hydrogen (secondary N) is 1. The number of aryl methyl sites for hydroxylation is 1. The first-order valence-corrected chi connectivity index (χ1v) is 6.82. The van der Waals surface area contributed by atoms with Gasteiger partial charge in [0.2, 0.25) is 0 Å². The molecule has 21 heavy (non-hydrogen) atoms. The Bertz CT molecular complexity index is 684. The van der Waals surface area contributed by atoms with Gasteiger partial charge in [-0.2, -0.15) is 0 Å². The molecule has 1 heterocycles. The van der Waals surface area contributed by atoms with Gasteiger partial charge in [0.15, 0.2) is 5.82 Å². The van der Waals surface area contributed by atoms with Crippen molar-refractivity contribution < 1.29 is 14.3 Å². The fraction of sp³-hybridized carbons (Fsp3) is 0.143. The van der Waals surface area contributed by atoms with Crippen LogP contribution < -0.4 is 5.32 Å². The molecule has 1 aromatic carbocycles. The van der Waals surface area contributed by atoms with Crippen molar-refractivity contribution in [2.24, 2.45) is 0 Å². The van der Waals surface area contributed by atoms with Gasteiger partial charge in [-0.3, -0.25) is 0 Å². The Morgan fingerprint density at radius 1 is 1.29 bits per heavy atom. The molecule has 0 saturated carbocycles. The number of aromatic nitrogens is 1. The van der Waals surface area contributed by atoms with Crippen LogP contribution in [-0.2, 0) is 6.42 Å². The minimum Gasteiger partial charge on any atom is -0.478 e. The van der Waals surface area contributed by atoms with Gasteiger partial charge in [-0.05, 0) is 30.7 Å². The lowest BCUT2D eigenvalue weighted by Gasteiger charge is -2.10. The SMILES string of the molecule is CCc1cc(C(=O)O)cc(Nc2cc(Cl)c(F)c(Cl)c2)n1. The van der Waals surface area contributed by atoms with E-state index in [0.29, 0.717) is 23.6 Å². The van der Waals surface area contributed by atoms with E-state index < -0.39 is 11.8 Å². The highest BCUT2D eigenvalue weighted by Crippen LogP contribution is 2.29. The molecule has 110 valence electrons. The molecule has 0 aliphatic carbocycles. The molecule has 0 spiro atoms. The number of aromatic carboxylic acids is 1. The Kier molecular flexibility index (Phi) is 4.65. The van der Waals surface area contributed by atoms with Crippen molar-refractivity contribution in [3.63, 3.8) is 0 Å². The van der Waals surface area contributed by atoms with Crippen molar-refractivity contribution in [3.8, 4) is 0 Å². The molecule has 2 aromatic rings. The average molecular weight is 329 g/mol. The summed E-state index contributed by atoms with van der Waals surface area (Å²) in [4.78, 5) is 15.3. The van der Waals surface area contributed by atoms with Crippen molar-refractivity contribution in [1.29, 1.82) is 0 Å². The summed E-state index contributed by atoms with van der Waals surface area (Å²) in [7, 11) is 0. The largest absolute Gasteiger partial charge is 0.478 e. The third kappa shape index (κ3) is 3.62. The second kappa shape index (κ2) is 6.28. The highest BCUT2D eigenvalue weighted by molar-refractivity contribution is 6.35. The monoisotopic (exact) mass is 328 g/mol. The van der Waals surface area contributed by atoms with Gasteiger partial charge in [-0.15, -0.1) is 0 Å². The van der Waals surface area contributed by atoms with Crippen LogP contribution in [0, 0.1) is 5.82 Å². The van der Waals surface area contributed by atoms with Gasteiger partial charge in [-0.25, -0.2) is 14.2 Å². The summed E-state index contributed by atoms with van der Waals surface area (Å²) in [5, 5.41) is 11.7. The third-order valence-electron chi connectivity index (χ3n) is 2.74. The van der Waals surface area contributed by atoms with Crippen molar-refractivity contribution in [2.75, 3.05) is 5.32 Å². The maximum atomic E-state index is 13.4. The number of benzene rings is 1. The molecular weight excluding hydrogens is 318 g/mol. The minimum atomic E-state index is -1.05. The molecule has 7 heteroatoms. The highest BCUT2D eigenvalue weighted by Gasteiger charge is 2.11. The van der Waals surface area contributed by atoms with Crippen LogP contribution in [0.5, 0.6) is 0 Å². The number of carboxylic acid groups (broad SMARTS) is 1. The predicted octanol–water partition coefficient (Wildman–Crippen LogP) is 4.53. The van der Waals surface area contributed by atoms with Crippen LogP contribution in [0.15, 0.2) is 24.3 Å². The zero-order chi connectivity index (χ0) is 15.6. The zero-order valence-electron chi connectivity index (χ0n) is 11.0. The van der Waals surface area contributed by atoms with Gasteiger partial charge in [0.05, 0.1) is 15.6 Å². The molecule has 2 N–H and O–H groups in total. The molecule has 0 fully saturated rings. The van der Waals surface area contributed by atoms with Crippen LogP contribution in [0.1, 0.15) is 23.0 Å². The van der Waals surface area contributed by atoms with Gasteiger partial charge in [-0.1, -0.05) is 30.1 Å². The number of hydrogen-bond acceptors (Lipinski definition) is 3. The van der Waals surface area contributed by atoms with Gasteiger partial charge in [0.1, 0.15) is 5.82 Å². The molecule has 0 atom stereocenters. The fourth-order valence-electron chi connectivity index (χ4n) is 1.73. The number of rotatable bonds is 4. The average Bonchev–Trinajstić information content (AvgIpc) is 2.44. The number of hydrogen-bond donors (Lipinski definition) is 2. The first kappa shape index (κ1) is 15.5. The van der Waals surface area contributed by atoms with Crippen LogP contribution in [0.4, 0.5) is 15.9 Å². The van der Waals surface area contributed by atoms with Crippen molar-refractivity contribution in [1.82, 2.24) is 4.98 Å². The second-order valence-corrected chi connectivity index (χ2v) is 5.08. The fourth-order valence-corrected chi connectivity index (χ4v) is 2.22. The van der Waals surface area contributed by atoms with Gasteiger partial charge in [0.25, 0.3) is 0 Å². The van der Waals surface area contributed by atoms with Gasteiger partial charge >= 0.3 is 5.97 Å². The molecule has 0 saturated heterocycles. The van der Waals surface area contributed by atoms with Crippen molar-refractivity contribution in [2.45, 2.75) is 13.3 Å². The number of halogens is 3. The smallest absolute Gasteiger partial charge is 0.335 e. The Hall–Kier alpha value is -1.85. The molecule has 0 aliphatic heterocycles. The van der Waals surface area contributed by atoms with E-state index in [4.69, 9.17) is 28.3 Å². The lowest BCUT2D eigenvalue weighted by atomic mass is 10.2. The maximum absolute atomic E-state index is 13.4. The van der Waals surface area contributed by atoms with Crippen molar-refractivity contribution in [3.05, 3.63) is 51.4 Å². The van der Waals surface area contributed by atoms with E-state index >= 15 is 0 Å². The molecule has 0 aliphatic rings. The Balaban J connectivity index is 2.39. The number of pyridine rings is 1. The number of anilines is 2. The van der Waals surface area contributed by atoms with Crippen LogP contribution in [0.2, 0.25) is 10.0 Å². The topological polar surface area (TPSA) is 62.2 Å². The van der Waals surface area contributed by atoms with E-state index in [-0.39, 0.29) is 15.6 Å². The Labute approximate surface area is 130 Å². The van der Waals surface area contributed by atoms with Crippen LogP contribution in [0.25, 0.3) is 0 Å². The number of nitrogens with zero attached hydrogens (tertiary/aromatic N) is 1. The van der Waals surface area contributed by atoms with Crippen molar-refractivity contribution >= 4 is 40.7 Å². The summed E-state index contributed by atoms with van der Waals surface area (Å²) >= 11 is 11.4. The first-order chi connectivity index (χ1) is 9.90. The zero-order valence-corrected chi connectivity index (χ0v) is 12.5. The summed E-state index contributed by atoms with van der Waals surface area (Å²) in [6.45, 7) is 1.86. The number of carbonyl (C=O) groups is 1. The molecule has 0 amide bonds. The van der Waals surface area contributed by atoms with Crippen LogP contribution in [-0.4, -0.2) is 16.1 Å². The van der Waals surface area contributed by atoms with Gasteiger partial charge in [0, 0.05) is 11.4 Å². The van der Waals surface area contributed by atoms with E-state index in [9.17, 15) is 9.18 Å². The molecule has 1 aromatic heterocycles. The van der Waals surface area contributed by atoms with E-state index in [2.05, 4.69) is 10.3 Å². The lowest BCUT2D eigenvalue weighted by molar-refractivity contribution is 0.0696. The van der Waals surface area contributed by atoms with E-state index in [1.54, 1.807) is 0 Å². The van der Waals surface area contributed by atoms with Crippen LogP contribution in [0.3, 0.4) is 0 Å².